The highest BCUT2D eigenvalue weighted by Crippen LogP contribution is 2.27. The van der Waals surface area contributed by atoms with Gasteiger partial charge in [-0.3, -0.25) is 10.1 Å². The first-order valence-electron chi connectivity index (χ1n) is 8.50. The van der Waals surface area contributed by atoms with Crippen molar-refractivity contribution in [3.8, 4) is 5.69 Å². The molecule has 0 saturated carbocycles. The monoisotopic (exact) mass is 411 g/mol. The molecule has 0 aliphatic heterocycles. The van der Waals surface area contributed by atoms with Crippen molar-refractivity contribution in [3.63, 3.8) is 0 Å². The van der Waals surface area contributed by atoms with Gasteiger partial charge in [0.05, 0.1) is 23.0 Å². The number of anilines is 1. The number of nitrogens with zero attached hydrogens (tertiary/aromatic N) is 6. The third kappa shape index (κ3) is 3.73. The molecule has 1 N–H and O–H groups in total. The zero-order chi connectivity index (χ0) is 19.7. The minimum atomic E-state index is -0.158. The molecule has 0 aliphatic carbocycles. The lowest BCUT2D eigenvalue weighted by Crippen LogP contribution is -2.14. The first-order chi connectivity index (χ1) is 13.5. The van der Waals surface area contributed by atoms with Crippen molar-refractivity contribution >= 4 is 45.2 Å². The molecule has 0 unspecified atom stereocenters. The lowest BCUT2D eigenvalue weighted by atomic mass is 10.1. The summed E-state index contributed by atoms with van der Waals surface area (Å²) in [6, 6.07) is 6.19. The normalized spacial score (nSPS) is 11.1. The molecular weight excluding hydrogens is 394 g/mol. The van der Waals surface area contributed by atoms with Crippen molar-refractivity contribution in [3.05, 3.63) is 46.9 Å². The molecule has 0 saturated heterocycles. The van der Waals surface area contributed by atoms with Crippen molar-refractivity contribution in [2.45, 2.75) is 25.8 Å². The Hall–Kier alpha value is -2.85. The summed E-state index contributed by atoms with van der Waals surface area (Å²) in [4.78, 5) is 20.9. The molecule has 1 aromatic carbocycles. The van der Waals surface area contributed by atoms with E-state index in [1.165, 1.54) is 35.0 Å². The molecule has 1 amide bonds. The number of carbonyl (C=O) groups excluding carboxylic acids is 1. The molecule has 3 heterocycles. The van der Waals surface area contributed by atoms with Crippen LogP contribution in [0, 0.1) is 20.8 Å². The van der Waals surface area contributed by atoms with E-state index in [1.54, 1.807) is 10.9 Å². The fourth-order valence-electron chi connectivity index (χ4n) is 2.79. The zero-order valence-electron chi connectivity index (χ0n) is 15.5. The lowest BCUT2D eigenvalue weighted by Gasteiger charge is -2.08. The molecule has 0 atom stereocenters. The summed E-state index contributed by atoms with van der Waals surface area (Å²) in [5.41, 5.74) is 3.99. The third-order valence-electron chi connectivity index (χ3n) is 4.02. The van der Waals surface area contributed by atoms with Gasteiger partial charge in [-0.05, 0) is 32.4 Å². The Morgan fingerprint density at radius 2 is 2.07 bits per heavy atom. The van der Waals surface area contributed by atoms with Crippen molar-refractivity contribution in [1.82, 2.24) is 29.9 Å². The highest BCUT2D eigenvalue weighted by Gasteiger charge is 2.14. The van der Waals surface area contributed by atoms with Crippen molar-refractivity contribution < 1.29 is 4.79 Å². The first kappa shape index (κ1) is 18.5. The average Bonchev–Trinajstić information content (AvgIpc) is 3.26. The third-order valence-corrected chi connectivity index (χ3v) is 5.78. The van der Waals surface area contributed by atoms with Gasteiger partial charge in [0, 0.05) is 0 Å². The highest BCUT2D eigenvalue weighted by molar-refractivity contribution is 8.00. The molecule has 4 rings (SSSR count). The number of nitrogens with one attached hydrogen (secondary N) is 1. The SMILES string of the molecule is Cc1ccc(-n2ncc3c(SCC(=O)Nc4nnc(C)s4)ncnc32)c(C)c1. The van der Waals surface area contributed by atoms with Crippen LogP contribution >= 0.6 is 23.1 Å². The quantitative estimate of drug-likeness (QED) is 0.397. The Morgan fingerprint density at radius 3 is 2.82 bits per heavy atom. The topological polar surface area (TPSA) is 98.5 Å². The number of amides is 1. The fraction of sp³-hybridized carbons (Fsp3) is 0.222. The first-order valence-corrected chi connectivity index (χ1v) is 10.3. The van der Waals surface area contributed by atoms with Crippen LogP contribution in [0.2, 0.25) is 0 Å². The van der Waals surface area contributed by atoms with Crippen LogP contribution in [0.25, 0.3) is 16.7 Å². The summed E-state index contributed by atoms with van der Waals surface area (Å²) in [6.07, 6.45) is 3.24. The second kappa shape index (κ2) is 7.64. The summed E-state index contributed by atoms with van der Waals surface area (Å²) >= 11 is 2.68. The number of thioether (sulfide) groups is 1. The highest BCUT2D eigenvalue weighted by atomic mass is 32.2. The summed E-state index contributed by atoms with van der Waals surface area (Å²) in [6.45, 7) is 5.95. The lowest BCUT2D eigenvalue weighted by molar-refractivity contribution is -0.113. The summed E-state index contributed by atoms with van der Waals surface area (Å²) in [5, 5.41) is 17.9. The van der Waals surface area contributed by atoms with Gasteiger partial charge in [0.2, 0.25) is 11.0 Å². The standard InChI is InChI=1S/C18H17N7OS2/c1-10-4-5-14(11(2)6-10)25-16-13(7-21-25)17(20-9-19-16)27-8-15(26)22-18-24-23-12(3)28-18/h4-7,9H,8H2,1-3H3,(H,22,24,26). The van der Waals surface area contributed by atoms with Gasteiger partial charge < -0.3 is 0 Å². The largest absolute Gasteiger partial charge is 0.300 e. The molecule has 0 aliphatic rings. The van der Waals surface area contributed by atoms with E-state index in [9.17, 15) is 4.79 Å². The van der Waals surface area contributed by atoms with Crippen LogP contribution in [0.4, 0.5) is 5.13 Å². The minimum Gasteiger partial charge on any atom is -0.300 e. The Labute approximate surface area is 169 Å². The minimum absolute atomic E-state index is 0.158. The van der Waals surface area contributed by atoms with Crippen LogP contribution in [0.3, 0.4) is 0 Å². The molecule has 4 aromatic rings. The van der Waals surface area contributed by atoms with Gasteiger partial charge in [0.15, 0.2) is 5.65 Å². The fourth-order valence-corrected chi connectivity index (χ4v) is 4.16. The van der Waals surface area contributed by atoms with E-state index in [1.807, 2.05) is 26.0 Å². The number of aryl methyl sites for hydroxylation is 3. The van der Waals surface area contributed by atoms with Crippen LogP contribution in [-0.4, -0.2) is 41.6 Å². The van der Waals surface area contributed by atoms with Crippen LogP contribution < -0.4 is 5.32 Å². The molecule has 142 valence electrons. The van der Waals surface area contributed by atoms with E-state index >= 15 is 0 Å². The number of fused-ring (bicyclic) bond motifs is 1. The molecule has 0 radical (unpaired) electrons. The number of carbonyl (C=O) groups is 1. The van der Waals surface area contributed by atoms with Gasteiger partial charge in [0.25, 0.3) is 0 Å². The summed E-state index contributed by atoms with van der Waals surface area (Å²) in [5.74, 6) is 0.0501. The summed E-state index contributed by atoms with van der Waals surface area (Å²) < 4.78 is 1.81. The van der Waals surface area contributed by atoms with E-state index < -0.39 is 0 Å². The predicted molar refractivity (Wildman–Crippen MR) is 110 cm³/mol. The van der Waals surface area contributed by atoms with Gasteiger partial charge >= 0.3 is 0 Å². The Bertz CT molecular complexity index is 1170. The number of rotatable bonds is 5. The van der Waals surface area contributed by atoms with Crippen LogP contribution in [0.15, 0.2) is 35.7 Å². The second-order valence-corrected chi connectivity index (χ2v) is 8.37. The second-order valence-electron chi connectivity index (χ2n) is 6.23. The predicted octanol–water partition coefficient (Wildman–Crippen LogP) is 3.32. The van der Waals surface area contributed by atoms with Crippen molar-refractivity contribution in [2.24, 2.45) is 0 Å². The molecule has 28 heavy (non-hydrogen) atoms. The van der Waals surface area contributed by atoms with Crippen molar-refractivity contribution in [2.75, 3.05) is 11.1 Å². The number of benzene rings is 1. The maximum absolute atomic E-state index is 12.2. The van der Waals surface area contributed by atoms with Gasteiger partial charge in [-0.25, -0.2) is 14.6 Å². The molecule has 8 nitrogen and oxygen atoms in total. The van der Waals surface area contributed by atoms with E-state index in [2.05, 4.69) is 43.6 Å². The van der Waals surface area contributed by atoms with Crippen LogP contribution in [0.1, 0.15) is 16.1 Å². The maximum Gasteiger partial charge on any atom is 0.236 e. The van der Waals surface area contributed by atoms with Crippen LogP contribution in [0.5, 0.6) is 0 Å². The number of hydrogen-bond acceptors (Lipinski definition) is 8. The zero-order valence-corrected chi connectivity index (χ0v) is 17.1. The maximum atomic E-state index is 12.2. The van der Waals surface area contributed by atoms with Gasteiger partial charge in [-0.1, -0.05) is 40.8 Å². The molecular formula is C18H17N7OS2. The van der Waals surface area contributed by atoms with Gasteiger partial charge in [0.1, 0.15) is 16.4 Å². The number of aromatic nitrogens is 6. The average molecular weight is 412 g/mol. The Morgan fingerprint density at radius 1 is 1.21 bits per heavy atom. The molecule has 0 spiro atoms. The Balaban J connectivity index is 1.55. The smallest absolute Gasteiger partial charge is 0.236 e. The van der Waals surface area contributed by atoms with E-state index in [0.29, 0.717) is 15.8 Å². The van der Waals surface area contributed by atoms with E-state index in [4.69, 9.17) is 0 Å². The number of hydrogen-bond donors (Lipinski definition) is 1. The molecule has 10 heteroatoms. The van der Waals surface area contributed by atoms with E-state index in [-0.39, 0.29) is 11.7 Å². The van der Waals surface area contributed by atoms with Crippen LogP contribution in [-0.2, 0) is 4.79 Å². The van der Waals surface area contributed by atoms with Gasteiger partial charge in [-0.15, -0.1) is 10.2 Å². The van der Waals surface area contributed by atoms with Crippen molar-refractivity contribution in [1.29, 1.82) is 0 Å². The molecule has 0 bridgehead atoms. The Kier molecular flexibility index (Phi) is 5.05. The molecule has 3 aromatic heterocycles. The van der Waals surface area contributed by atoms with E-state index in [0.717, 1.165) is 21.6 Å². The molecule has 0 fully saturated rings. The summed E-state index contributed by atoms with van der Waals surface area (Å²) in [7, 11) is 0. The van der Waals surface area contributed by atoms with Gasteiger partial charge in [-0.2, -0.15) is 5.10 Å².